The third kappa shape index (κ3) is 4.00. The zero-order valence-corrected chi connectivity index (χ0v) is 14.6. The van der Waals surface area contributed by atoms with Crippen LogP contribution in [0.25, 0.3) is 0 Å². The van der Waals surface area contributed by atoms with Crippen molar-refractivity contribution < 1.29 is 29.0 Å². The van der Waals surface area contributed by atoms with Crippen LogP contribution in [-0.4, -0.2) is 42.6 Å². The summed E-state index contributed by atoms with van der Waals surface area (Å²) in [5.74, 6) is -1.13. The van der Waals surface area contributed by atoms with Crippen LogP contribution in [0.5, 0.6) is 11.5 Å². The number of nitrogens with zero attached hydrogens (tertiary/aromatic N) is 1. The predicted molar refractivity (Wildman–Crippen MR) is 97.5 cm³/mol. The van der Waals surface area contributed by atoms with Gasteiger partial charge in [-0.2, -0.15) is 0 Å². The van der Waals surface area contributed by atoms with Gasteiger partial charge in [0, 0.05) is 0 Å². The summed E-state index contributed by atoms with van der Waals surface area (Å²) >= 11 is 0. The second-order valence-electron chi connectivity index (χ2n) is 5.73. The lowest BCUT2D eigenvalue weighted by Crippen LogP contribution is -2.43. The molecule has 2 amide bonds. The van der Waals surface area contributed by atoms with Crippen molar-refractivity contribution in [2.45, 2.75) is 6.92 Å². The maximum atomic E-state index is 12.5. The minimum atomic E-state index is -1.13. The van der Waals surface area contributed by atoms with Crippen molar-refractivity contribution in [2.75, 3.05) is 30.0 Å². The molecule has 0 fully saturated rings. The minimum Gasteiger partial charge on any atom is -0.492 e. The van der Waals surface area contributed by atoms with Gasteiger partial charge in [0.1, 0.15) is 18.0 Å². The number of hydrogen-bond donors (Lipinski definition) is 2. The Hall–Kier alpha value is -3.55. The van der Waals surface area contributed by atoms with Gasteiger partial charge in [-0.05, 0) is 37.3 Å². The molecule has 1 aliphatic heterocycles. The molecule has 2 N–H and O–H groups in total. The third-order valence-corrected chi connectivity index (χ3v) is 3.91. The summed E-state index contributed by atoms with van der Waals surface area (Å²) in [5, 5.41) is 11.9. The largest absolute Gasteiger partial charge is 0.492 e. The fourth-order valence-corrected chi connectivity index (χ4v) is 2.69. The molecule has 0 saturated carbocycles. The van der Waals surface area contributed by atoms with Gasteiger partial charge in [0.05, 0.1) is 23.5 Å². The highest BCUT2D eigenvalue weighted by molar-refractivity contribution is 6.06. The summed E-state index contributed by atoms with van der Waals surface area (Å²) in [6.45, 7) is 1.78. The Morgan fingerprint density at radius 3 is 2.78 bits per heavy atom. The van der Waals surface area contributed by atoms with E-state index in [0.29, 0.717) is 23.8 Å². The topological polar surface area (TPSA) is 105 Å². The van der Waals surface area contributed by atoms with E-state index in [9.17, 15) is 14.4 Å². The molecule has 0 spiro atoms. The van der Waals surface area contributed by atoms with Crippen LogP contribution in [0, 0.1) is 0 Å². The molecule has 3 rings (SSSR count). The van der Waals surface area contributed by atoms with E-state index >= 15 is 0 Å². The molecule has 2 aromatic carbocycles. The summed E-state index contributed by atoms with van der Waals surface area (Å²) in [5.41, 5.74) is 0.739. The molecule has 0 atom stereocenters. The van der Waals surface area contributed by atoms with E-state index in [1.54, 1.807) is 24.3 Å². The highest BCUT2D eigenvalue weighted by Crippen LogP contribution is 2.33. The van der Waals surface area contributed by atoms with Gasteiger partial charge in [0.2, 0.25) is 5.91 Å². The average Bonchev–Trinajstić information content (AvgIpc) is 2.65. The van der Waals surface area contributed by atoms with Crippen molar-refractivity contribution in [1.82, 2.24) is 0 Å². The SMILES string of the molecule is CCOc1ccccc1NC(=O)CN1C(=O)COc2ccc(C(=O)O)cc21. The maximum Gasteiger partial charge on any atom is 0.335 e. The molecule has 0 bridgehead atoms. The van der Waals surface area contributed by atoms with E-state index in [1.807, 2.05) is 6.92 Å². The van der Waals surface area contributed by atoms with Crippen LogP contribution in [0.2, 0.25) is 0 Å². The van der Waals surface area contributed by atoms with Gasteiger partial charge in [-0.25, -0.2) is 4.79 Å². The van der Waals surface area contributed by atoms with Crippen LogP contribution < -0.4 is 19.7 Å². The molecule has 0 aromatic heterocycles. The van der Waals surface area contributed by atoms with E-state index in [1.165, 1.54) is 23.1 Å². The van der Waals surface area contributed by atoms with Gasteiger partial charge in [0.15, 0.2) is 6.61 Å². The molecule has 140 valence electrons. The number of carboxylic acid groups (broad SMARTS) is 1. The number of carbonyl (C=O) groups excluding carboxylic acids is 2. The Bertz CT molecular complexity index is 896. The van der Waals surface area contributed by atoms with Crippen LogP contribution in [0.4, 0.5) is 11.4 Å². The number of para-hydroxylation sites is 2. The number of carboxylic acids is 1. The first-order chi connectivity index (χ1) is 13.0. The molecule has 27 heavy (non-hydrogen) atoms. The summed E-state index contributed by atoms with van der Waals surface area (Å²) in [6, 6.07) is 11.1. The number of anilines is 2. The Kier molecular flexibility index (Phi) is 5.25. The van der Waals surface area contributed by atoms with Crippen molar-refractivity contribution >= 4 is 29.2 Å². The summed E-state index contributed by atoms with van der Waals surface area (Å²) in [7, 11) is 0. The lowest BCUT2D eigenvalue weighted by atomic mass is 10.1. The molecule has 0 radical (unpaired) electrons. The van der Waals surface area contributed by atoms with E-state index in [4.69, 9.17) is 14.6 Å². The number of nitrogens with one attached hydrogen (secondary N) is 1. The smallest absolute Gasteiger partial charge is 0.335 e. The maximum absolute atomic E-state index is 12.5. The number of carbonyl (C=O) groups is 3. The highest BCUT2D eigenvalue weighted by Gasteiger charge is 2.28. The second kappa shape index (κ2) is 7.77. The van der Waals surface area contributed by atoms with Crippen LogP contribution in [0.15, 0.2) is 42.5 Å². The summed E-state index contributed by atoms with van der Waals surface area (Å²) in [6.07, 6.45) is 0. The number of benzene rings is 2. The lowest BCUT2D eigenvalue weighted by molar-refractivity contribution is -0.123. The molecule has 1 heterocycles. The molecule has 8 nitrogen and oxygen atoms in total. The Morgan fingerprint density at radius 1 is 1.26 bits per heavy atom. The number of fused-ring (bicyclic) bond motifs is 1. The normalized spacial score (nSPS) is 12.8. The number of hydrogen-bond acceptors (Lipinski definition) is 5. The molecule has 0 aliphatic carbocycles. The number of ether oxygens (including phenoxy) is 2. The van der Waals surface area contributed by atoms with Gasteiger partial charge >= 0.3 is 5.97 Å². The molecular weight excluding hydrogens is 352 g/mol. The van der Waals surface area contributed by atoms with E-state index in [0.717, 1.165) is 0 Å². The van der Waals surface area contributed by atoms with Crippen molar-refractivity contribution in [1.29, 1.82) is 0 Å². The minimum absolute atomic E-state index is 0.000787. The number of amides is 2. The quantitative estimate of drug-likeness (QED) is 0.807. The van der Waals surface area contributed by atoms with Gasteiger partial charge in [0.25, 0.3) is 5.91 Å². The molecule has 2 aromatic rings. The average molecular weight is 370 g/mol. The van der Waals surface area contributed by atoms with Gasteiger partial charge in [-0.1, -0.05) is 12.1 Å². The monoisotopic (exact) mass is 370 g/mol. The highest BCUT2D eigenvalue weighted by atomic mass is 16.5. The van der Waals surface area contributed by atoms with Gasteiger partial charge in [-0.15, -0.1) is 0 Å². The van der Waals surface area contributed by atoms with E-state index in [2.05, 4.69) is 5.32 Å². The molecule has 0 unspecified atom stereocenters. The summed E-state index contributed by atoms with van der Waals surface area (Å²) in [4.78, 5) is 37.2. The van der Waals surface area contributed by atoms with Crippen LogP contribution >= 0.6 is 0 Å². The first-order valence-electron chi connectivity index (χ1n) is 8.31. The standard InChI is InChI=1S/C19H18N2O6/c1-2-26-15-6-4-3-5-13(15)20-17(22)10-21-14-9-12(19(24)25)7-8-16(14)27-11-18(21)23/h3-9H,2,10-11H2,1H3,(H,20,22)(H,24,25). The van der Waals surface area contributed by atoms with E-state index < -0.39 is 17.8 Å². The number of aromatic carboxylic acids is 1. The zero-order chi connectivity index (χ0) is 19.4. The Morgan fingerprint density at radius 2 is 2.04 bits per heavy atom. The van der Waals surface area contributed by atoms with Crippen molar-refractivity contribution in [2.24, 2.45) is 0 Å². The fourth-order valence-electron chi connectivity index (χ4n) is 2.69. The molecule has 1 aliphatic rings. The van der Waals surface area contributed by atoms with Crippen molar-refractivity contribution in [3.63, 3.8) is 0 Å². The third-order valence-electron chi connectivity index (χ3n) is 3.91. The number of rotatable bonds is 6. The lowest BCUT2D eigenvalue weighted by Gasteiger charge is -2.29. The Labute approximate surface area is 155 Å². The zero-order valence-electron chi connectivity index (χ0n) is 14.6. The van der Waals surface area contributed by atoms with Crippen molar-refractivity contribution in [3.05, 3.63) is 48.0 Å². The van der Waals surface area contributed by atoms with Crippen LogP contribution in [0.1, 0.15) is 17.3 Å². The first-order valence-corrected chi connectivity index (χ1v) is 8.31. The van der Waals surface area contributed by atoms with Crippen LogP contribution in [-0.2, 0) is 9.59 Å². The first kappa shape index (κ1) is 18.2. The molecule has 8 heteroatoms. The van der Waals surface area contributed by atoms with Crippen LogP contribution in [0.3, 0.4) is 0 Å². The molecular formula is C19H18N2O6. The molecule has 0 saturated heterocycles. The predicted octanol–water partition coefficient (Wildman–Crippen LogP) is 2.15. The Balaban J connectivity index is 1.81. The van der Waals surface area contributed by atoms with Crippen molar-refractivity contribution in [3.8, 4) is 11.5 Å². The van der Waals surface area contributed by atoms with E-state index in [-0.39, 0.29) is 24.4 Å². The summed E-state index contributed by atoms with van der Waals surface area (Å²) < 4.78 is 10.8. The second-order valence-corrected chi connectivity index (χ2v) is 5.73. The fraction of sp³-hybridized carbons (Fsp3) is 0.211. The van der Waals surface area contributed by atoms with Gasteiger partial charge in [-0.3, -0.25) is 14.5 Å². The van der Waals surface area contributed by atoms with Gasteiger partial charge < -0.3 is 19.9 Å².